The third-order valence-electron chi connectivity index (χ3n) is 6.29. The van der Waals surface area contributed by atoms with E-state index in [0.29, 0.717) is 22.8 Å². The number of amides is 1. The summed E-state index contributed by atoms with van der Waals surface area (Å²) in [7, 11) is -2.42. The minimum absolute atomic E-state index is 0.00327. The van der Waals surface area contributed by atoms with E-state index in [9.17, 15) is 13.2 Å². The molecule has 2 aliphatic rings. The summed E-state index contributed by atoms with van der Waals surface area (Å²) in [6, 6.07) is 12.1. The largest absolute Gasteiger partial charge is 0.495 e. The van der Waals surface area contributed by atoms with Crippen molar-refractivity contribution in [1.82, 2.24) is 0 Å². The molecule has 0 unspecified atom stereocenters. The summed E-state index contributed by atoms with van der Waals surface area (Å²) >= 11 is 0. The minimum Gasteiger partial charge on any atom is -0.495 e. The van der Waals surface area contributed by atoms with Gasteiger partial charge in [-0.15, -0.1) is 0 Å². The maximum Gasteiger partial charge on any atom is 0.264 e. The first-order chi connectivity index (χ1) is 15.5. The lowest BCUT2D eigenvalue weighted by molar-refractivity contribution is -0.119. The highest BCUT2D eigenvalue weighted by Gasteiger charge is 2.27. The Hall–Kier alpha value is -2.74. The molecule has 1 saturated carbocycles. The average Bonchev–Trinajstić information content (AvgIpc) is 3.35. The monoisotopic (exact) mass is 457 g/mol. The smallest absolute Gasteiger partial charge is 0.264 e. The van der Waals surface area contributed by atoms with Crippen LogP contribution in [0.1, 0.15) is 44.9 Å². The van der Waals surface area contributed by atoms with Gasteiger partial charge in [-0.25, -0.2) is 8.42 Å². The number of benzene rings is 2. The molecule has 1 heterocycles. The number of nitrogens with zero attached hydrogens (tertiary/aromatic N) is 1. The van der Waals surface area contributed by atoms with Gasteiger partial charge in [-0.05, 0) is 62.4 Å². The fourth-order valence-electron chi connectivity index (χ4n) is 4.56. The second kappa shape index (κ2) is 9.81. The van der Waals surface area contributed by atoms with Crippen LogP contribution in [0.4, 0.5) is 17.1 Å². The van der Waals surface area contributed by atoms with Crippen LogP contribution in [0.5, 0.6) is 5.75 Å². The van der Waals surface area contributed by atoms with E-state index < -0.39 is 10.0 Å². The van der Waals surface area contributed by atoms with Crippen molar-refractivity contribution in [1.29, 1.82) is 0 Å². The van der Waals surface area contributed by atoms with Gasteiger partial charge in [0.05, 0.1) is 18.5 Å². The van der Waals surface area contributed by atoms with Gasteiger partial charge in [0, 0.05) is 24.7 Å². The highest BCUT2D eigenvalue weighted by atomic mass is 32.2. The summed E-state index contributed by atoms with van der Waals surface area (Å²) in [5.41, 5.74) is 1.54. The van der Waals surface area contributed by atoms with Crippen LogP contribution < -0.4 is 19.7 Å². The van der Waals surface area contributed by atoms with E-state index in [4.69, 9.17) is 4.74 Å². The highest BCUT2D eigenvalue weighted by molar-refractivity contribution is 7.93. The molecular formula is C24H31N3O4S. The van der Waals surface area contributed by atoms with Crippen molar-refractivity contribution in [2.75, 3.05) is 35.1 Å². The number of para-hydroxylation sites is 2. The number of carbonyl (C=O) groups excluding carboxylic acids is 1. The molecule has 2 aromatic rings. The first-order valence-corrected chi connectivity index (χ1v) is 12.8. The third kappa shape index (κ3) is 5.01. The van der Waals surface area contributed by atoms with E-state index in [-0.39, 0.29) is 16.7 Å². The molecule has 1 aliphatic heterocycles. The van der Waals surface area contributed by atoms with Crippen LogP contribution in [0.25, 0.3) is 0 Å². The normalized spacial score (nSPS) is 17.2. The molecule has 8 heteroatoms. The van der Waals surface area contributed by atoms with E-state index in [2.05, 4.69) is 14.9 Å². The van der Waals surface area contributed by atoms with Gasteiger partial charge in [0.25, 0.3) is 10.0 Å². The molecule has 2 fully saturated rings. The molecule has 0 bridgehead atoms. The van der Waals surface area contributed by atoms with E-state index in [1.54, 1.807) is 36.4 Å². The Kier molecular flexibility index (Phi) is 6.89. The molecule has 0 radical (unpaired) electrons. The van der Waals surface area contributed by atoms with Gasteiger partial charge in [0.1, 0.15) is 10.6 Å². The summed E-state index contributed by atoms with van der Waals surface area (Å²) in [4.78, 5) is 14.9. The quantitative estimate of drug-likeness (QED) is 0.634. The fourth-order valence-corrected chi connectivity index (χ4v) is 5.89. The van der Waals surface area contributed by atoms with Crippen LogP contribution >= 0.6 is 0 Å². The Balaban J connectivity index is 1.68. The number of piperidine rings is 1. The molecule has 1 amide bonds. The molecule has 2 aromatic carbocycles. The molecule has 32 heavy (non-hydrogen) atoms. The Labute approximate surface area is 190 Å². The number of sulfonamides is 1. The summed E-state index contributed by atoms with van der Waals surface area (Å²) in [5.74, 6) is 0.416. The topological polar surface area (TPSA) is 87.7 Å². The second-order valence-corrected chi connectivity index (χ2v) is 10.2. The summed E-state index contributed by atoms with van der Waals surface area (Å²) < 4.78 is 35.0. The zero-order valence-corrected chi connectivity index (χ0v) is 19.3. The van der Waals surface area contributed by atoms with Crippen molar-refractivity contribution < 1.29 is 17.9 Å². The van der Waals surface area contributed by atoms with Gasteiger partial charge in [-0.3, -0.25) is 9.52 Å². The van der Waals surface area contributed by atoms with Crippen LogP contribution in [0.2, 0.25) is 0 Å². The standard InChI is InChI=1S/C24H31N3O4S/c1-31-22-12-6-5-11-20(22)26-32(29,30)23-17-19(25-24(28)18-9-3-4-10-18)13-14-21(23)27-15-7-2-8-16-27/h5-6,11-14,17-18,26H,2-4,7-10,15-16H2,1H3,(H,25,28). The molecule has 4 rings (SSSR count). The summed E-state index contributed by atoms with van der Waals surface area (Å²) in [6.07, 6.45) is 7.10. The Morgan fingerprint density at radius 2 is 1.72 bits per heavy atom. The van der Waals surface area contributed by atoms with Crippen molar-refractivity contribution in [2.24, 2.45) is 5.92 Å². The number of nitrogens with one attached hydrogen (secondary N) is 2. The Bertz CT molecular complexity index is 1060. The number of ether oxygens (including phenoxy) is 1. The number of anilines is 3. The zero-order chi connectivity index (χ0) is 22.6. The first-order valence-electron chi connectivity index (χ1n) is 11.3. The average molecular weight is 458 g/mol. The zero-order valence-electron chi connectivity index (χ0n) is 18.5. The molecule has 1 aliphatic carbocycles. The van der Waals surface area contributed by atoms with E-state index >= 15 is 0 Å². The molecule has 0 spiro atoms. The van der Waals surface area contributed by atoms with Gasteiger partial charge in [-0.1, -0.05) is 25.0 Å². The van der Waals surface area contributed by atoms with E-state index in [0.717, 1.165) is 58.0 Å². The summed E-state index contributed by atoms with van der Waals surface area (Å²) in [6.45, 7) is 1.62. The van der Waals surface area contributed by atoms with Crippen molar-refractivity contribution in [2.45, 2.75) is 49.8 Å². The van der Waals surface area contributed by atoms with E-state index in [1.165, 1.54) is 7.11 Å². The Morgan fingerprint density at radius 3 is 2.44 bits per heavy atom. The van der Waals surface area contributed by atoms with Crippen LogP contribution in [0.15, 0.2) is 47.4 Å². The molecular weight excluding hydrogens is 426 g/mol. The first kappa shape index (κ1) is 22.5. The lowest BCUT2D eigenvalue weighted by atomic mass is 10.1. The van der Waals surface area contributed by atoms with Crippen LogP contribution in [0.3, 0.4) is 0 Å². The van der Waals surface area contributed by atoms with Gasteiger partial charge >= 0.3 is 0 Å². The number of hydrogen-bond donors (Lipinski definition) is 2. The predicted molar refractivity (Wildman–Crippen MR) is 127 cm³/mol. The van der Waals surface area contributed by atoms with Gasteiger partial charge < -0.3 is 15.0 Å². The predicted octanol–water partition coefficient (Wildman–Crippen LogP) is 4.62. The maximum absolute atomic E-state index is 13.5. The molecule has 7 nitrogen and oxygen atoms in total. The van der Waals surface area contributed by atoms with Crippen molar-refractivity contribution in [3.05, 3.63) is 42.5 Å². The van der Waals surface area contributed by atoms with Gasteiger partial charge in [0.2, 0.25) is 5.91 Å². The third-order valence-corrected chi connectivity index (χ3v) is 7.69. The van der Waals surface area contributed by atoms with Crippen molar-refractivity contribution >= 4 is 33.0 Å². The lowest BCUT2D eigenvalue weighted by Crippen LogP contribution is -2.31. The van der Waals surface area contributed by atoms with Crippen molar-refractivity contribution in [3.8, 4) is 5.75 Å². The van der Waals surface area contributed by atoms with Crippen LogP contribution in [-0.4, -0.2) is 34.5 Å². The lowest BCUT2D eigenvalue weighted by Gasteiger charge is -2.30. The SMILES string of the molecule is COc1ccccc1NS(=O)(=O)c1cc(NC(=O)C2CCCC2)ccc1N1CCCCC1. The Morgan fingerprint density at radius 1 is 1.00 bits per heavy atom. The van der Waals surface area contributed by atoms with Crippen molar-refractivity contribution in [3.63, 3.8) is 0 Å². The van der Waals surface area contributed by atoms with Crippen LogP contribution in [0, 0.1) is 5.92 Å². The highest BCUT2D eigenvalue weighted by Crippen LogP contribution is 2.34. The number of rotatable bonds is 7. The van der Waals surface area contributed by atoms with Gasteiger partial charge in [0.15, 0.2) is 0 Å². The van der Waals surface area contributed by atoms with Gasteiger partial charge in [-0.2, -0.15) is 0 Å². The maximum atomic E-state index is 13.5. The molecule has 172 valence electrons. The molecule has 0 atom stereocenters. The summed E-state index contributed by atoms with van der Waals surface area (Å²) in [5, 5.41) is 2.94. The number of methoxy groups -OCH3 is 1. The minimum atomic E-state index is -3.93. The molecule has 2 N–H and O–H groups in total. The number of hydrogen-bond acceptors (Lipinski definition) is 5. The molecule has 0 aromatic heterocycles. The fraction of sp³-hybridized carbons (Fsp3) is 0.458. The molecule has 1 saturated heterocycles. The van der Waals surface area contributed by atoms with Crippen LogP contribution in [-0.2, 0) is 14.8 Å². The number of carbonyl (C=O) groups is 1. The van der Waals surface area contributed by atoms with E-state index in [1.807, 2.05) is 6.07 Å². The second-order valence-electron chi connectivity index (χ2n) is 8.51.